The van der Waals surface area contributed by atoms with E-state index in [1.165, 1.54) is 14.0 Å². The van der Waals surface area contributed by atoms with Gasteiger partial charge in [0, 0.05) is 12.0 Å². The molecule has 2 rings (SSSR count). The van der Waals surface area contributed by atoms with Crippen LogP contribution < -0.4 is 5.32 Å². The highest BCUT2D eigenvalue weighted by atomic mass is 32.2. The Bertz CT molecular complexity index is 1020. The van der Waals surface area contributed by atoms with E-state index < -0.39 is 68.8 Å². The van der Waals surface area contributed by atoms with E-state index in [1.807, 2.05) is 12.2 Å². The molecule has 2 aromatic rings. The van der Waals surface area contributed by atoms with Crippen LogP contribution in [0.1, 0.15) is 35.7 Å². The summed E-state index contributed by atoms with van der Waals surface area (Å²) in [6.07, 6.45) is -4.41. The third-order valence-electron chi connectivity index (χ3n) is 4.52. The van der Waals surface area contributed by atoms with Gasteiger partial charge in [0.1, 0.15) is 23.0 Å². The second kappa shape index (κ2) is 13.6. The summed E-state index contributed by atoms with van der Waals surface area (Å²) in [5.74, 6) is -5.03. The lowest BCUT2D eigenvalue weighted by molar-refractivity contribution is -0.237. The van der Waals surface area contributed by atoms with Gasteiger partial charge in [-0.05, 0) is 54.9 Å². The Morgan fingerprint density at radius 1 is 1.00 bits per heavy atom. The van der Waals surface area contributed by atoms with Crippen LogP contribution in [0.15, 0.2) is 41.3 Å². The van der Waals surface area contributed by atoms with E-state index in [-0.39, 0.29) is 12.2 Å². The predicted octanol–water partition coefficient (Wildman–Crippen LogP) is 6.67. The normalized spacial score (nSPS) is 12.4. The minimum Gasteiger partial charge on any atom is -0.384 e. The minimum absolute atomic E-state index is 0.146. The highest BCUT2D eigenvalue weighted by molar-refractivity contribution is 8.00. The lowest BCUT2D eigenvalue weighted by atomic mass is 10.0. The number of methoxy groups -OCH3 is 1. The smallest absolute Gasteiger partial charge is 0.384 e. The van der Waals surface area contributed by atoms with Crippen molar-refractivity contribution in [1.82, 2.24) is 5.32 Å². The SMILES string of the molecule is CCCC(COC)C(=O)NC(=O)c1c(F)cccc1F.Cc1ccc(SC(F)(F)C(F)(F)F)cc1F. The number of alkyl halides is 5. The number of hydrogen-bond donors (Lipinski definition) is 1. The molecule has 0 saturated heterocycles. The molecule has 36 heavy (non-hydrogen) atoms. The fourth-order valence-corrected chi connectivity index (χ4v) is 3.38. The molecule has 1 atom stereocenters. The fourth-order valence-electron chi connectivity index (χ4n) is 2.67. The average molecular weight is 545 g/mol. The second-order valence-corrected chi connectivity index (χ2v) is 8.57. The van der Waals surface area contributed by atoms with Crippen LogP contribution in [0, 0.1) is 30.3 Å². The molecule has 0 aliphatic rings. The molecular weight excluding hydrogens is 522 g/mol. The van der Waals surface area contributed by atoms with Crippen molar-refractivity contribution in [3.63, 3.8) is 0 Å². The van der Waals surface area contributed by atoms with Crippen molar-refractivity contribution in [2.45, 2.75) is 43.0 Å². The Morgan fingerprint density at radius 3 is 2.06 bits per heavy atom. The van der Waals surface area contributed by atoms with Gasteiger partial charge in [0.25, 0.3) is 5.91 Å². The van der Waals surface area contributed by atoms with Crippen molar-refractivity contribution in [2.24, 2.45) is 5.92 Å². The van der Waals surface area contributed by atoms with E-state index in [0.29, 0.717) is 12.5 Å². The topological polar surface area (TPSA) is 55.4 Å². The summed E-state index contributed by atoms with van der Waals surface area (Å²) in [6, 6.07) is 5.88. The Kier molecular flexibility index (Phi) is 11.8. The molecule has 0 aromatic heterocycles. The number of amides is 2. The third-order valence-corrected chi connectivity index (χ3v) is 5.50. The standard InChI is InChI=1S/C14H17F2NO3.C9H6F6S/c1-3-5-9(8-20-2)13(18)17-14(19)12-10(15)6-4-7-11(12)16;1-5-2-3-6(4-7(5)10)16-9(14,15)8(11,12)13/h4,6-7,9H,3,5,8H2,1-2H3,(H,17,18,19);2-4H,1H3. The maximum atomic E-state index is 13.4. The lowest BCUT2D eigenvalue weighted by Crippen LogP contribution is -2.38. The van der Waals surface area contributed by atoms with E-state index in [0.717, 1.165) is 36.8 Å². The van der Waals surface area contributed by atoms with E-state index in [1.54, 1.807) is 0 Å². The average Bonchev–Trinajstić information content (AvgIpc) is 2.75. The number of rotatable bonds is 8. The quantitative estimate of drug-likeness (QED) is 0.298. The van der Waals surface area contributed by atoms with Gasteiger partial charge in [-0.25, -0.2) is 13.2 Å². The number of imide groups is 1. The first-order valence-electron chi connectivity index (χ1n) is 10.3. The second-order valence-electron chi connectivity index (χ2n) is 7.38. The molecule has 0 aliphatic heterocycles. The van der Waals surface area contributed by atoms with Crippen molar-refractivity contribution in [3.8, 4) is 0 Å². The maximum Gasteiger partial charge on any atom is 0.464 e. The van der Waals surface area contributed by atoms with E-state index in [9.17, 15) is 44.7 Å². The first-order valence-corrected chi connectivity index (χ1v) is 11.1. The van der Waals surface area contributed by atoms with Crippen LogP contribution in [-0.4, -0.2) is 37.0 Å². The molecule has 0 heterocycles. The van der Waals surface area contributed by atoms with E-state index >= 15 is 0 Å². The zero-order valence-corrected chi connectivity index (χ0v) is 20.1. The number of aryl methyl sites for hydroxylation is 1. The van der Waals surface area contributed by atoms with Crippen molar-refractivity contribution < 1.29 is 49.4 Å². The molecule has 0 fully saturated rings. The molecular formula is C23H23F8NO3S. The molecule has 1 unspecified atom stereocenters. The molecule has 1 N–H and O–H groups in total. The summed E-state index contributed by atoms with van der Waals surface area (Å²) in [5, 5.41) is -2.91. The van der Waals surface area contributed by atoms with Gasteiger partial charge in [-0.3, -0.25) is 14.9 Å². The lowest BCUT2D eigenvalue weighted by Gasteiger charge is -2.18. The molecule has 4 nitrogen and oxygen atoms in total. The molecule has 0 spiro atoms. The summed E-state index contributed by atoms with van der Waals surface area (Å²) in [6.45, 7) is 3.41. The number of carbonyl (C=O) groups is 2. The number of benzene rings is 2. The predicted molar refractivity (Wildman–Crippen MR) is 117 cm³/mol. The summed E-state index contributed by atoms with van der Waals surface area (Å²) in [5.41, 5.74) is -0.576. The van der Waals surface area contributed by atoms with Crippen molar-refractivity contribution in [3.05, 3.63) is 65.0 Å². The first-order chi connectivity index (χ1) is 16.6. The maximum absolute atomic E-state index is 13.4. The summed E-state index contributed by atoms with van der Waals surface area (Å²) < 4.78 is 105. The van der Waals surface area contributed by atoms with E-state index in [4.69, 9.17) is 4.74 Å². The van der Waals surface area contributed by atoms with Crippen molar-refractivity contribution in [1.29, 1.82) is 0 Å². The van der Waals surface area contributed by atoms with Crippen LogP contribution in [0.3, 0.4) is 0 Å². The Hall–Kier alpha value is -2.67. The number of nitrogens with one attached hydrogen (secondary N) is 1. The van der Waals surface area contributed by atoms with Gasteiger partial charge in [0.05, 0.1) is 12.5 Å². The third kappa shape index (κ3) is 9.08. The van der Waals surface area contributed by atoms with Crippen molar-refractivity contribution in [2.75, 3.05) is 13.7 Å². The van der Waals surface area contributed by atoms with Crippen LogP contribution in [0.5, 0.6) is 0 Å². The zero-order valence-electron chi connectivity index (χ0n) is 19.3. The molecule has 200 valence electrons. The Balaban J connectivity index is 0.000000369. The van der Waals surface area contributed by atoms with Crippen LogP contribution in [0.4, 0.5) is 35.1 Å². The van der Waals surface area contributed by atoms with Crippen LogP contribution >= 0.6 is 11.8 Å². The molecule has 0 saturated carbocycles. The van der Waals surface area contributed by atoms with Gasteiger partial charge in [-0.2, -0.15) is 22.0 Å². The van der Waals surface area contributed by atoms with Gasteiger partial charge < -0.3 is 4.74 Å². The number of hydrogen-bond acceptors (Lipinski definition) is 4. The molecule has 13 heteroatoms. The number of thioether (sulfide) groups is 1. The van der Waals surface area contributed by atoms with Gasteiger partial charge in [-0.15, -0.1) is 0 Å². The Labute approximate surface area is 206 Å². The van der Waals surface area contributed by atoms with Gasteiger partial charge in [0.2, 0.25) is 5.91 Å². The molecule has 0 aliphatic carbocycles. The van der Waals surface area contributed by atoms with Crippen LogP contribution in [0.25, 0.3) is 0 Å². The van der Waals surface area contributed by atoms with Crippen molar-refractivity contribution >= 4 is 23.6 Å². The van der Waals surface area contributed by atoms with Crippen LogP contribution in [0.2, 0.25) is 0 Å². The summed E-state index contributed by atoms with van der Waals surface area (Å²) >= 11 is -0.723. The van der Waals surface area contributed by atoms with E-state index in [2.05, 4.69) is 0 Å². The Morgan fingerprint density at radius 2 is 1.58 bits per heavy atom. The highest BCUT2D eigenvalue weighted by Crippen LogP contribution is 2.47. The zero-order chi connectivity index (χ0) is 27.7. The molecule has 0 radical (unpaired) electrons. The minimum atomic E-state index is -5.65. The van der Waals surface area contributed by atoms with Gasteiger partial charge in [-0.1, -0.05) is 25.5 Å². The number of halogens is 8. The van der Waals surface area contributed by atoms with Gasteiger partial charge in [0.15, 0.2) is 0 Å². The fraction of sp³-hybridized carbons (Fsp3) is 0.391. The monoisotopic (exact) mass is 545 g/mol. The molecule has 0 bridgehead atoms. The van der Waals surface area contributed by atoms with Gasteiger partial charge >= 0.3 is 11.4 Å². The number of ether oxygens (including phenoxy) is 1. The summed E-state index contributed by atoms with van der Waals surface area (Å²) in [4.78, 5) is 23.2. The highest BCUT2D eigenvalue weighted by Gasteiger charge is 2.58. The van der Waals surface area contributed by atoms with Crippen LogP contribution in [-0.2, 0) is 9.53 Å². The first kappa shape index (κ1) is 31.4. The number of carbonyl (C=O) groups excluding carboxylic acids is 2. The summed E-state index contributed by atoms with van der Waals surface area (Å²) in [7, 11) is 1.44. The largest absolute Gasteiger partial charge is 0.464 e. The molecule has 2 aromatic carbocycles. The molecule has 2 amide bonds.